The Balaban J connectivity index is 1.49. The molecule has 8 bridgehead atoms. The van der Waals surface area contributed by atoms with Crippen molar-refractivity contribution in [1.29, 1.82) is 0 Å². The Hall–Kier alpha value is -4.49. The van der Waals surface area contributed by atoms with Crippen LogP contribution in [0, 0.1) is 0 Å². The Morgan fingerprint density at radius 1 is 0.838 bits per heavy atom. The standard InChI is InChI=1S/C30H23N3O3S/c1-2-35-29(34)18-36-25-10-3-19(4-11-25)30-27-13-9-23(33-27)16-22-6-5-20(31-22)15-21-7-8-24(32-21)17-26-12-14-28(30)37-26/h3-17,32H,2,18H2,1H3. The van der Waals surface area contributed by atoms with Gasteiger partial charge < -0.3 is 14.5 Å². The van der Waals surface area contributed by atoms with E-state index in [2.05, 4.69) is 35.3 Å². The normalized spacial score (nSPS) is 12.0. The van der Waals surface area contributed by atoms with Crippen LogP contribution in [0.5, 0.6) is 5.75 Å². The number of carbonyl (C=O) groups is 1. The quantitative estimate of drug-likeness (QED) is 0.255. The summed E-state index contributed by atoms with van der Waals surface area (Å²) < 4.78 is 12.8. The highest BCUT2D eigenvalue weighted by molar-refractivity contribution is 7.23. The number of H-pyrrole nitrogens is 1. The summed E-state index contributed by atoms with van der Waals surface area (Å²) in [6, 6.07) is 22.3. The van der Waals surface area contributed by atoms with Crippen LogP contribution >= 0.6 is 11.3 Å². The topological polar surface area (TPSA) is 77.1 Å². The van der Waals surface area contributed by atoms with Gasteiger partial charge in [-0.05, 0) is 91.4 Å². The Kier molecular flexibility index (Phi) is 6.12. The number of esters is 1. The van der Waals surface area contributed by atoms with E-state index in [9.17, 15) is 4.79 Å². The third-order valence-corrected chi connectivity index (χ3v) is 6.96. The second-order valence-electron chi connectivity index (χ2n) is 8.55. The molecule has 3 aromatic heterocycles. The van der Waals surface area contributed by atoms with Crippen molar-refractivity contribution in [2.24, 2.45) is 0 Å². The molecule has 4 aromatic rings. The van der Waals surface area contributed by atoms with Crippen LogP contribution in [0.4, 0.5) is 0 Å². The van der Waals surface area contributed by atoms with Gasteiger partial charge in [0.15, 0.2) is 6.61 Å². The number of thiophene rings is 1. The van der Waals surface area contributed by atoms with Crippen LogP contribution < -0.4 is 4.74 Å². The number of hydrogen-bond acceptors (Lipinski definition) is 6. The van der Waals surface area contributed by atoms with Gasteiger partial charge in [0.2, 0.25) is 0 Å². The molecule has 6 rings (SSSR count). The third kappa shape index (κ3) is 5.08. The summed E-state index contributed by atoms with van der Waals surface area (Å²) in [5, 5.41) is 0. The second kappa shape index (κ2) is 9.87. The van der Waals surface area contributed by atoms with Gasteiger partial charge in [-0.25, -0.2) is 14.8 Å². The molecule has 0 unspecified atom stereocenters. The van der Waals surface area contributed by atoms with Crippen molar-refractivity contribution in [3.05, 3.63) is 89.5 Å². The van der Waals surface area contributed by atoms with Crippen LogP contribution in [0.15, 0.2) is 66.7 Å². The predicted octanol–water partition coefficient (Wildman–Crippen LogP) is 7.00. The van der Waals surface area contributed by atoms with Crippen molar-refractivity contribution >= 4 is 62.0 Å². The Morgan fingerprint density at radius 2 is 1.57 bits per heavy atom. The summed E-state index contributed by atoms with van der Waals surface area (Å²) in [7, 11) is 0. The number of fused-ring (bicyclic) bond motifs is 8. The van der Waals surface area contributed by atoms with Crippen LogP contribution in [0.2, 0.25) is 0 Å². The van der Waals surface area contributed by atoms with E-state index >= 15 is 0 Å². The van der Waals surface area contributed by atoms with E-state index in [4.69, 9.17) is 19.4 Å². The minimum Gasteiger partial charge on any atom is -0.482 e. The van der Waals surface area contributed by atoms with Gasteiger partial charge in [-0.15, -0.1) is 11.3 Å². The zero-order valence-electron chi connectivity index (χ0n) is 20.1. The van der Waals surface area contributed by atoms with Crippen LogP contribution in [0.1, 0.15) is 29.7 Å². The number of carbonyl (C=O) groups excluding carboxylic acids is 1. The van der Waals surface area contributed by atoms with Crippen molar-refractivity contribution in [2.75, 3.05) is 13.2 Å². The number of ether oxygens (including phenoxy) is 2. The minimum absolute atomic E-state index is 0.118. The Morgan fingerprint density at radius 3 is 2.38 bits per heavy atom. The molecule has 0 amide bonds. The molecule has 0 fully saturated rings. The fourth-order valence-electron chi connectivity index (χ4n) is 4.26. The maximum atomic E-state index is 11.6. The minimum atomic E-state index is -0.385. The third-order valence-electron chi connectivity index (χ3n) is 5.91. The number of nitrogens with zero attached hydrogens (tertiary/aromatic N) is 2. The van der Waals surface area contributed by atoms with Gasteiger partial charge in [-0.2, -0.15) is 0 Å². The lowest BCUT2D eigenvalue weighted by molar-refractivity contribution is -0.145. The lowest BCUT2D eigenvalue weighted by Gasteiger charge is -2.08. The second-order valence-corrected chi connectivity index (χ2v) is 9.66. The largest absolute Gasteiger partial charge is 0.482 e. The Labute approximate surface area is 217 Å². The summed E-state index contributed by atoms with van der Waals surface area (Å²) in [5.74, 6) is 0.219. The van der Waals surface area contributed by atoms with Gasteiger partial charge in [-0.3, -0.25) is 0 Å². The lowest BCUT2D eigenvalue weighted by atomic mass is 10.0. The molecular formula is C30H23N3O3S. The number of aromatic nitrogens is 3. The van der Waals surface area contributed by atoms with Crippen LogP contribution in [-0.2, 0) is 9.53 Å². The summed E-state index contributed by atoms with van der Waals surface area (Å²) in [4.78, 5) is 24.7. The highest BCUT2D eigenvalue weighted by Gasteiger charge is 2.12. The smallest absolute Gasteiger partial charge is 0.344 e. The first-order valence-electron chi connectivity index (χ1n) is 12.0. The maximum absolute atomic E-state index is 11.6. The van der Waals surface area contributed by atoms with Gasteiger partial charge in [0.1, 0.15) is 5.75 Å². The van der Waals surface area contributed by atoms with Crippen LogP contribution in [0.3, 0.4) is 0 Å². The number of rotatable bonds is 5. The monoisotopic (exact) mass is 505 g/mol. The van der Waals surface area contributed by atoms with Crippen molar-refractivity contribution in [3.63, 3.8) is 0 Å². The molecule has 0 spiro atoms. The molecule has 0 atom stereocenters. The lowest BCUT2D eigenvalue weighted by Crippen LogP contribution is -2.14. The van der Waals surface area contributed by atoms with Gasteiger partial charge in [0.05, 0.1) is 29.4 Å². The van der Waals surface area contributed by atoms with Crippen LogP contribution in [-0.4, -0.2) is 34.1 Å². The van der Waals surface area contributed by atoms with Crippen molar-refractivity contribution in [1.82, 2.24) is 15.0 Å². The fourth-order valence-corrected chi connectivity index (χ4v) is 5.30. The average Bonchev–Trinajstić information content (AvgIpc) is 3.70. The van der Waals surface area contributed by atoms with Gasteiger partial charge >= 0.3 is 5.97 Å². The first kappa shape index (κ1) is 22.9. The fraction of sp³-hybridized carbons (Fsp3) is 0.100. The highest BCUT2D eigenvalue weighted by atomic mass is 32.1. The van der Waals surface area contributed by atoms with E-state index in [1.807, 2.05) is 60.7 Å². The summed E-state index contributed by atoms with van der Waals surface area (Å²) in [6.07, 6.45) is 8.06. The Bertz CT molecular complexity index is 1710. The predicted molar refractivity (Wildman–Crippen MR) is 150 cm³/mol. The molecule has 0 saturated heterocycles. The van der Waals surface area contributed by atoms with E-state index in [1.165, 1.54) is 0 Å². The maximum Gasteiger partial charge on any atom is 0.344 e. The zero-order valence-corrected chi connectivity index (χ0v) is 20.9. The van der Waals surface area contributed by atoms with Gasteiger partial charge in [-0.1, -0.05) is 12.1 Å². The SMILES string of the molecule is CCOC(=O)COc1ccc(-c2c3nc(cc4nc(cc5ccc(cc6ccc2s6)[nH]5)C=C4)C=C3)cc1. The number of aromatic amines is 1. The van der Waals surface area contributed by atoms with Crippen LogP contribution in [0.25, 0.3) is 55.9 Å². The average molecular weight is 506 g/mol. The number of hydrogen-bond donors (Lipinski definition) is 1. The van der Waals surface area contributed by atoms with E-state index in [0.29, 0.717) is 12.4 Å². The molecule has 7 heteroatoms. The molecule has 182 valence electrons. The molecule has 0 radical (unpaired) electrons. The van der Waals surface area contributed by atoms with E-state index in [0.717, 1.165) is 54.3 Å². The van der Waals surface area contributed by atoms with E-state index < -0.39 is 0 Å². The van der Waals surface area contributed by atoms with E-state index in [1.54, 1.807) is 18.3 Å². The molecule has 5 heterocycles. The highest BCUT2D eigenvalue weighted by Crippen LogP contribution is 2.35. The first-order chi connectivity index (χ1) is 18.1. The molecule has 2 aliphatic heterocycles. The van der Waals surface area contributed by atoms with Crippen molar-refractivity contribution < 1.29 is 14.3 Å². The summed E-state index contributed by atoms with van der Waals surface area (Å²) >= 11 is 1.71. The molecule has 37 heavy (non-hydrogen) atoms. The molecule has 1 N–H and O–H groups in total. The summed E-state index contributed by atoms with van der Waals surface area (Å²) in [6.45, 7) is 1.99. The summed E-state index contributed by atoms with van der Waals surface area (Å²) in [5.41, 5.74) is 7.57. The molecule has 0 aliphatic carbocycles. The molecule has 0 saturated carbocycles. The number of benzene rings is 1. The van der Waals surface area contributed by atoms with E-state index in [-0.39, 0.29) is 12.6 Å². The first-order valence-corrected chi connectivity index (χ1v) is 12.8. The number of nitrogens with one attached hydrogen (secondary N) is 1. The van der Waals surface area contributed by atoms with Crippen molar-refractivity contribution in [2.45, 2.75) is 6.92 Å². The molecule has 6 nitrogen and oxygen atoms in total. The zero-order chi connectivity index (χ0) is 25.2. The van der Waals surface area contributed by atoms with Gasteiger partial charge in [0, 0.05) is 26.0 Å². The van der Waals surface area contributed by atoms with Gasteiger partial charge in [0.25, 0.3) is 0 Å². The van der Waals surface area contributed by atoms with Crippen molar-refractivity contribution in [3.8, 4) is 16.9 Å². The molecule has 2 aliphatic rings. The molecule has 1 aromatic carbocycles. The molecular weight excluding hydrogens is 482 g/mol.